The lowest BCUT2D eigenvalue weighted by atomic mass is 10.0. The zero-order chi connectivity index (χ0) is 45.9. The second-order valence-electron chi connectivity index (χ2n) is 19.7. The average Bonchev–Trinajstić information content (AvgIpc) is 3.28. The molecule has 0 fully saturated rings. The van der Waals surface area contributed by atoms with Crippen LogP contribution >= 0.6 is 0 Å². The van der Waals surface area contributed by atoms with Crippen LogP contribution in [0.4, 0.5) is 0 Å². The number of carbonyl (C=O) groups excluding carboxylic acids is 2. The van der Waals surface area contributed by atoms with Crippen LogP contribution in [0.15, 0.2) is 12.2 Å². The van der Waals surface area contributed by atoms with Gasteiger partial charge in [-0.25, -0.2) is 0 Å². The third-order valence-electron chi connectivity index (χ3n) is 13.3. The first-order chi connectivity index (χ1) is 31.0. The predicted octanol–water partition coefficient (Wildman–Crippen LogP) is 17.3. The van der Waals surface area contributed by atoms with Gasteiger partial charge in [0.05, 0.1) is 25.2 Å². The van der Waals surface area contributed by atoms with Crippen molar-refractivity contribution in [3.8, 4) is 0 Å². The molecule has 6 heteroatoms. The quantitative estimate of drug-likeness (QED) is 0.0321. The zero-order valence-corrected chi connectivity index (χ0v) is 42.7. The average molecular weight is 891 g/mol. The number of rotatable bonds is 52. The molecule has 3 N–H and O–H groups in total. The molecule has 0 aliphatic rings. The van der Waals surface area contributed by atoms with Crippen LogP contribution in [0.25, 0.3) is 0 Å². The van der Waals surface area contributed by atoms with Crippen LogP contribution in [0, 0.1) is 0 Å². The second-order valence-corrected chi connectivity index (χ2v) is 19.7. The van der Waals surface area contributed by atoms with Crippen molar-refractivity contribution in [1.82, 2.24) is 5.32 Å². The Bertz CT molecular complexity index is 955. The van der Waals surface area contributed by atoms with Gasteiger partial charge in [0.15, 0.2) is 0 Å². The van der Waals surface area contributed by atoms with E-state index < -0.39 is 18.2 Å². The molecule has 0 aliphatic carbocycles. The molecule has 0 rings (SSSR count). The van der Waals surface area contributed by atoms with Crippen LogP contribution < -0.4 is 5.32 Å². The maximum absolute atomic E-state index is 13.2. The number of hydrogen-bond acceptors (Lipinski definition) is 5. The summed E-state index contributed by atoms with van der Waals surface area (Å²) in [6, 6.07) is -0.698. The molecule has 3 unspecified atom stereocenters. The molecule has 3 atom stereocenters. The van der Waals surface area contributed by atoms with Crippen molar-refractivity contribution in [2.75, 3.05) is 6.61 Å². The number of aliphatic hydroxyl groups is 2. The number of carbonyl (C=O) groups is 2. The van der Waals surface area contributed by atoms with E-state index in [9.17, 15) is 19.8 Å². The number of aliphatic hydroxyl groups excluding tert-OH is 2. The lowest BCUT2D eigenvalue weighted by Crippen LogP contribution is -2.46. The Kier molecular flexibility index (Phi) is 50.4. The third-order valence-corrected chi connectivity index (χ3v) is 13.3. The van der Waals surface area contributed by atoms with E-state index in [1.54, 1.807) is 0 Å². The molecule has 0 radical (unpaired) electrons. The van der Waals surface area contributed by atoms with Crippen molar-refractivity contribution in [1.29, 1.82) is 0 Å². The topological polar surface area (TPSA) is 95.9 Å². The van der Waals surface area contributed by atoms with Crippen LogP contribution in [-0.2, 0) is 14.3 Å². The lowest BCUT2D eigenvalue weighted by Gasteiger charge is -2.24. The molecule has 0 saturated heterocycles. The summed E-state index contributed by atoms with van der Waals surface area (Å²) in [7, 11) is 0. The molecule has 0 saturated carbocycles. The van der Waals surface area contributed by atoms with E-state index in [1.807, 2.05) is 0 Å². The summed E-state index contributed by atoms with van der Waals surface area (Å²) in [4.78, 5) is 26.2. The van der Waals surface area contributed by atoms with E-state index in [2.05, 4.69) is 38.2 Å². The van der Waals surface area contributed by atoms with Gasteiger partial charge < -0.3 is 20.3 Å². The first-order valence-corrected chi connectivity index (χ1v) is 28.4. The molecule has 0 aromatic carbocycles. The van der Waals surface area contributed by atoms with Gasteiger partial charge in [-0.15, -0.1) is 0 Å². The largest absolute Gasteiger partial charge is 0.462 e. The van der Waals surface area contributed by atoms with Gasteiger partial charge in [0.25, 0.3) is 0 Å². The first kappa shape index (κ1) is 61.6. The normalized spacial score (nSPS) is 13.2. The molecule has 0 heterocycles. The van der Waals surface area contributed by atoms with Crippen molar-refractivity contribution in [2.24, 2.45) is 0 Å². The molecule has 374 valence electrons. The highest BCUT2D eigenvalue weighted by atomic mass is 16.5. The molecule has 6 nitrogen and oxygen atoms in total. The number of amides is 1. The van der Waals surface area contributed by atoms with E-state index in [4.69, 9.17) is 4.74 Å². The highest BCUT2D eigenvalue weighted by molar-refractivity contribution is 5.77. The molecular weight excluding hydrogens is 779 g/mol. The molecule has 0 aromatic rings. The number of ether oxygens (including phenoxy) is 1. The van der Waals surface area contributed by atoms with Crippen LogP contribution in [0.1, 0.15) is 316 Å². The minimum Gasteiger partial charge on any atom is -0.462 e. The Morgan fingerprint density at radius 2 is 0.762 bits per heavy atom. The maximum Gasteiger partial charge on any atom is 0.306 e. The molecule has 0 aromatic heterocycles. The Labute approximate surface area is 393 Å². The van der Waals surface area contributed by atoms with Crippen molar-refractivity contribution in [3.05, 3.63) is 12.2 Å². The molecule has 1 amide bonds. The number of allylic oxidation sites excluding steroid dienone is 2. The fourth-order valence-electron chi connectivity index (χ4n) is 9.02. The van der Waals surface area contributed by atoms with Gasteiger partial charge in [0.1, 0.15) is 6.10 Å². The lowest BCUT2D eigenvalue weighted by molar-refractivity contribution is -0.151. The van der Waals surface area contributed by atoms with Crippen molar-refractivity contribution >= 4 is 11.9 Å². The standard InChI is InChI=1S/C57H111NO5/c1-4-7-10-13-16-19-22-25-27-28-29-31-34-37-40-43-46-49-55(60)54(52-59)58-56(61)51-53(48-45-42-39-36-33-30-24-21-18-15-12-9-6-3)63-57(62)50-47-44-41-38-35-32-26-23-20-17-14-11-8-5-2/h21,24,53-55,59-60H,4-20,22-23,25-52H2,1-3H3,(H,58,61)/b24-21-. The summed E-state index contributed by atoms with van der Waals surface area (Å²) in [5, 5.41) is 23.9. The monoisotopic (exact) mass is 890 g/mol. The van der Waals surface area contributed by atoms with E-state index in [1.165, 1.54) is 212 Å². The Hall–Kier alpha value is -1.40. The van der Waals surface area contributed by atoms with Crippen LogP contribution in [0.5, 0.6) is 0 Å². The van der Waals surface area contributed by atoms with Gasteiger partial charge in [-0.2, -0.15) is 0 Å². The SMILES string of the molecule is CCCCCC/C=C\CCCCCCCC(CC(=O)NC(CO)C(O)CCCCCCCCCCCCCCCCCCC)OC(=O)CCCCCCCCCCCCCCCC. The maximum atomic E-state index is 13.2. The molecule has 0 aliphatic heterocycles. The fourth-order valence-corrected chi connectivity index (χ4v) is 9.02. The molecule has 0 bridgehead atoms. The summed E-state index contributed by atoms with van der Waals surface area (Å²) in [6.07, 6.45) is 58.5. The van der Waals surface area contributed by atoms with E-state index in [0.29, 0.717) is 19.3 Å². The van der Waals surface area contributed by atoms with Gasteiger partial charge in [0, 0.05) is 6.42 Å². The molecule has 63 heavy (non-hydrogen) atoms. The second kappa shape index (κ2) is 51.6. The highest BCUT2D eigenvalue weighted by Crippen LogP contribution is 2.19. The van der Waals surface area contributed by atoms with Crippen molar-refractivity contribution < 1.29 is 24.5 Å². The van der Waals surface area contributed by atoms with Gasteiger partial charge in [-0.3, -0.25) is 9.59 Å². The zero-order valence-electron chi connectivity index (χ0n) is 42.7. The Balaban J connectivity index is 4.47. The molecular formula is C57H111NO5. The van der Waals surface area contributed by atoms with Crippen molar-refractivity contribution in [3.63, 3.8) is 0 Å². The summed E-state index contributed by atoms with van der Waals surface area (Å²) in [5.74, 6) is -0.461. The summed E-state index contributed by atoms with van der Waals surface area (Å²) >= 11 is 0. The highest BCUT2D eigenvalue weighted by Gasteiger charge is 2.24. The minimum absolute atomic E-state index is 0.0792. The third kappa shape index (κ3) is 46.9. The van der Waals surface area contributed by atoms with Crippen LogP contribution in [-0.4, -0.2) is 46.9 Å². The van der Waals surface area contributed by atoms with Gasteiger partial charge >= 0.3 is 5.97 Å². The fraction of sp³-hybridized carbons (Fsp3) is 0.930. The van der Waals surface area contributed by atoms with E-state index in [0.717, 1.165) is 57.8 Å². The summed E-state index contributed by atoms with van der Waals surface area (Å²) < 4.78 is 5.95. The minimum atomic E-state index is -0.785. The van der Waals surface area contributed by atoms with Crippen LogP contribution in [0.3, 0.4) is 0 Å². The first-order valence-electron chi connectivity index (χ1n) is 28.4. The smallest absolute Gasteiger partial charge is 0.306 e. The van der Waals surface area contributed by atoms with Gasteiger partial charge in [0.2, 0.25) is 5.91 Å². The number of esters is 1. The number of unbranched alkanes of at least 4 members (excludes halogenated alkanes) is 38. The number of hydrogen-bond donors (Lipinski definition) is 3. The van der Waals surface area contributed by atoms with E-state index in [-0.39, 0.29) is 24.9 Å². The Morgan fingerprint density at radius 1 is 0.444 bits per heavy atom. The van der Waals surface area contributed by atoms with Crippen molar-refractivity contribution in [2.45, 2.75) is 334 Å². The van der Waals surface area contributed by atoms with Gasteiger partial charge in [-0.05, 0) is 51.4 Å². The van der Waals surface area contributed by atoms with Crippen LogP contribution in [0.2, 0.25) is 0 Å². The predicted molar refractivity (Wildman–Crippen MR) is 273 cm³/mol. The molecule has 0 spiro atoms. The Morgan fingerprint density at radius 3 is 1.14 bits per heavy atom. The summed E-state index contributed by atoms with van der Waals surface area (Å²) in [6.45, 7) is 6.51. The van der Waals surface area contributed by atoms with E-state index >= 15 is 0 Å². The number of nitrogens with one attached hydrogen (secondary N) is 1. The van der Waals surface area contributed by atoms with Gasteiger partial charge in [-0.1, -0.05) is 264 Å². The summed E-state index contributed by atoms with van der Waals surface area (Å²) in [5.41, 5.74) is 0.